The minimum absolute atomic E-state index is 0.298. The van der Waals surface area contributed by atoms with Crippen molar-refractivity contribution in [2.24, 2.45) is 0 Å². The third kappa shape index (κ3) is 6.96. The molecule has 0 N–H and O–H groups in total. The van der Waals surface area contributed by atoms with Crippen LogP contribution in [0.15, 0.2) is 182 Å². The molecule has 0 aliphatic rings. The molecule has 0 spiro atoms. The first-order valence-corrected chi connectivity index (χ1v) is 21.1. The second-order valence-electron chi connectivity index (χ2n) is 9.48. The summed E-state index contributed by atoms with van der Waals surface area (Å²) < 4.78 is 0.494. The Morgan fingerprint density at radius 2 is 0.512 bits per heavy atom. The first-order valence-electron chi connectivity index (χ1n) is 13.7. The van der Waals surface area contributed by atoms with Gasteiger partial charge in [0.05, 0.1) is 0 Å². The molecule has 0 amide bonds. The molecule has 0 radical (unpaired) electrons. The Balaban J connectivity index is 1.59. The molecule has 0 saturated carbocycles. The molecule has 41 heavy (non-hydrogen) atoms. The van der Waals surface area contributed by atoms with Crippen molar-refractivity contribution >= 4 is 68.8 Å². The van der Waals surface area contributed by atoms with Gasteiger partial charge in [-0.25, -0.2) is 0 Å². The summed E-state index contributed by atoms with van der Waals surface area (Å²) in [4.78, 5) is 0. The van der Waals surface area contributed by atoms with Crippen molar-refractivity contribution in [1.29, 1.82) is 0 Å². The molecule has 0 unspecified atom stereocenters. The van der Waals surface area contributed by atoms with E-state index < -0.39 is 22.5 Å². The fourth-order valence-electron chi connectivity index (χ4n) is 4.86. The molecule has 0 nitrogen and oxygen atoms in total. The van der Waals surface area contributed by atoms with Crippen LogP contribution in [0.1, 0.15) is 0 Å². The zero-order valence-corrected chi connectivity index (χ0v) is 27.0. The van der Waals surface area contributed by atoms with Gasteiger partial charge in [-0.3, -0.25) is 0 Å². The molecular weight excluding hydrogens is 616 g/mol. The van der Waals surface area contributed by atoms with Crippen molar-refractivity contribution in [3.05, 3.63) is 182 Å². The fourth-order valence-corrected chi connectivity index (χ4v) is 27.2. The summed E-state index contributed by atoms with van der Waals surface area (Å²) in [6.45, 7) is -0.522. The summed E-state index contributed by atoms with van der Waals surface area (Å²) in [5.74, 6) is 0. The Labute approximate surface area is 253 Å². The molecule has 4 heteroatoms. The Bertz CT molecular complexity index is 1400. The van der Waals surface area contributed by atoms with Gasteiger partial charge in [-0.15, -0.1) is 0 Å². The van der Waals surface area contributed by atoms with Gasteiger partial charge in [-0.2, -0.15) is 0 Å². The van der Waals surface area contributed by atoms with E-state index in [0.717, 1.165) is 0 Å². The molecule has 0 aliphatic heterocycles. The summed E-state index contributed by atoms with van der Waals surface area (Å²) in [5.41, 5.74) is 0. The second-order valence-corrected chi connectivity index (χ2v) is 22.5. The van der Waals surface area contributed by atoms with Gasteiger partial charge in [0.25, 0.3) is 0 Å². The predicted molar refractivity (Wildman–Crippen MR) is 187 cm³/mol. The van der Waals surface area contributed by atoms with Crippen molar-refractivity contribution in [2.75, 3.05) is 0 Å². The van der Waals surface area contributed by atoms with Crippen LogP contribution in [0.25, 0.3) is 0 Å². The number of rotatable bonds is 10. The second kappa shape index (κ2) is 14.3. The quantitative estimate of drug-likeness (QED) is 0.108. The van der Waals surface area contributed by atoms with Crippen LogP contribution in [0, 0.1) is 0 Å². The van der Waals surface area contributed by atoms with Gasteiger partial charge in [0, 0.05) is 0 Å². The standard InChI is InChI=1S/C37H31P3Se/c1-7-19-31(20-8-1)38(32-21-9-2-10-22-32)37(39(33-23-11-3-12-24-33)34-25-13-4-14-26-34)41-40(35-27-15-5-16-28-35)36-29-17-6-18-30-36/h1-30,37H. The van der Waals surface area contributed by atoms with Crippen molar-refractivity contribution in [3.63, 3.8) is 0 Å². The van der Waals surface area contributed by atoms with Crippen molar-refractivity contribution < 1.29 is 0 Å². The van der Waals surface area contributed by atoms with Gasteiger partial charge >= 0.3 is 255 Å². The van der Waals surface area contributed by atoms with E-state index in [4.69, 9.17) is 0 Å². The Kier molecular flexibility index (Phi) is 9.89. The molecule has 0 heterocycles. The Hall–Kier alpha value is -2.87. The fraction of sp³-hybridized carbons (Fsp3) is 0.0270. The SMILES string of the molecule is c1ccc(P([Se]C(P(c2ccccc2)c2ccccc2)P(c2ccccc2)c2ccccc2)c2ccccc2)cc1. The minimum atomic E-state index is -0.641. The van der Waals surface area contributed by atoms with Crippen LogP contribution in [-0.2, 0) is 0 Å². The molecule has 0 bridgehead atoms. The van der Waals surface area contributed by atoms with Gasteiger partial charge in [-0.05, 0) is 0 Å². The van der Waals surface area contributed by atoms with E-state index in [1.165, 1.54) is 31.8 Å². The van der Waals surface area contributed by atoms with Crippen LogP contribution in [0.3, 0.4) is 0 Å². The zero-order valence-electron chi connectivity index (χ0n) is 22.6. The van der Waals surface area contributed by atoms with Crippen LogP contribution in [0.5, 0.6) is 0 Å². The molecule has 6 rings (SSSR count). The van der Waals surface area contributed by atoms with E-state index in [1.807, 2.05) is 0 Å². The summed E-state index contributed by atoms with van der Waals surface area (Å²) in [5, 5.41) is 8.83. The molecule has 200 valence electrons. The molecule has 0 aromatic heterocycles. The average Bonchev–Trinajstić information content (AvgIpc) is 3.06. The number of benzene rings is 6. The van der Waals surface area contributed by atoms with Crippen molar-refractivity contribution in [2.45, 2.75) is 4.30 Å². The van der Waals surface area contributed by atoms with Gasteiger partial charge in [-0.1, -0.05) is 0 Å². The topological polar surface area (TPSA) is 0 Å². The van der Waals surface area contributed by atoms with Crippen LogP contribution in [0.4, 0.5) is 0 Å². The normalized spacial score (nSPS) is 11.4. The Morgan fingerprint density at radius 3 is 0.756 bits per heavy atom. The monoisotopic (exact) mass is 648 g/mol. The van der Waals surface area contributed by atoms with E-state index in [0.29, 0.717) is 18.8 Å². The molecule has 0 aliphatic carbocycles. The molecule has 6 aromatic carbocycles. The van der Waals surface area contributed by atoms with Gasteiger partial charge in [0.2, 0.25) is 0 Å². The van der Waals surface area contributed by atoms with Gasteiger partial charge in [0.1, 0.15) is 0 Å². The summed E-state index contributed by atoms with van der Waals surface area (Å²) in [7, 11) is -1.28. The molecule has 0 atom stereocenters. The van der Waals surface area contributed by atoms with Crippen LogP contribution in [-0.4, -0.2) is 18.8 Å². The van der Waals surface area contributed by atoms with Crippen LogP contribution in [0.2, 0.25) is 0 Å². The van der Waals surface area contributed by atoms with Crippen molar-refractivity contribution in [1.82, 2.24) is 0 Å². The Morgan fingerprint density at radius 1 is 0.293 bits per heavy atom. The summed E-state index contributed by atoms with van der Waals surface area (Å²) in [6, 6.07) is 68.0. The molecule has 0 saturated heterocycles. The van der Waals surface area contributed by atoms with E-state index in [2.05, 4.69) is 182 Å². The summed E-state index contributed by atoms with van der Waals surface area (Å²) >= 11 is 0.298. The van der Waals surface area contributed by atoms with Gasteiger partial charge < -0.3 is 0 Å². The van der Waals surface area contributed by atoms with Crippen molar-refractivity contribution in [3.8, 4) is 0 Å². The van der Waals surface area contributed by atoms with Crippen LogP contribution < -0.4 is 31.8 Å². The maximum atomic E-state index is 2.37. The number of hydrogen-bond acceptors (Lipinski definition) is 0. The predicted octanol–water partition coefficient (Wildman–Crippen LogP) is 7.29. The third-order valence-electron chi connectivity index (χ3n) is 6.76. The zero-order chi connectivity index (χ0) is 27.7. The summed E-state index contributed by atoms with van der Waals surface area (Å²) in [6.07, 6.45) is 0. The average molecular weight is 648 g/mol. The van der Waals surface area contributed by atoms with E-state index in [-0.39, 0.29) is 0 Å². The van der Waals surface area contributed by atoms with E-state index in [1.54, 1.807) is 0 Å². The first kappa shape index (κ1) is 28.3. The van der Waals surface area contributed by atoms with Crippen LogP contribution >= 0.6 is 22.5 Å². The first-order chi connectivity index (χ1) is 20.4. The number of hydrogen-bond donors (Lipinski definition) is 0. The molecule has 6 aromatic rings. The third-order valence-corrected chi connectivity index (χ3v) is 25.1. The molecular formula is C37H31P3Se. The van der Waals surface area contributed by atoms with E-state index >= 15 is 0 Å². The van der Waals surface area contributed by atoms with E-state index in [9.17, 15) is 0 Å². The maximum absolute atomic E-state index is 2.37. The molecule has 0 fully saturated rings. The van der Waals surface area contributed by atoms with Gasteiger partial charge in [0.15, 0.2) is 0 Å².